The molecule has 5 nitrogen and oxygen atoms in total. The van der Waals surface area contributed by atoms with Gasteiger partial charge in [0.15, 0.2) is 6.61 Å². The zero-order chi connectivity index (χ0) is 23.6. The van der Waals surface area contributed by atoms with Gasteiger partial charge in [-0.1, -0.05) is 23.7 Å². The van der Waals surface area contributed by atoms with E-state index in [9.17, 15) is 22.8 Å². The number of carbonyl (C=O) groups excluding carboxylic acids is 2. The van der Waals surface area contributed by atoms with Crippen LogP contribution in [0.15, 0.2) is 48.5 Å². The van der Waals surface area contributed by atoms with Crippen LogP contribution in [0, 0.1) is 5.92 Å². The Morgan fingerprint density at radius 1 is 1.03 bits per heavy atom. The number of alkyl halides is 3. The van der Waals surface area contributed by atoms with Crippen LogP contribution in [0.25, 0.3) is 0 Å². The summed E-state index contributed by atoms with van der Waals surface area (Å²) >= 11 is 6.09. The van der Waals surface area contributed by atoms with Gasteiger partial charge < -0.3 is 14.5 Å². The third-order valence-corrected chi connectivity index (χ3v) is 6.63. The number of para-hydroxylation sites is 1. The fraction of sp³-hybridized carbons (Fsp3) is 0.417. The minimum absolute atomic E-state index is 0.0118. The molecule has 2 aromatic rings. The molecule has 9 heteroatoms. The number of hydrogen-bond donors (Lipinski definition) is 0. The highest BCUT2D eigenvalue weighted by Crippen LogP contribution is 2.33. The molecule has 2 aliphatic rings. The molecule has 33 heavy (non-hydrogen) atoms. The zero-order valence-electron chi connectivity index (χ0n) is 17.9. The van der Waals surface area contributed by atoms with Gasteiger partial charge in [0.05, 0.1) is 10.6 Å². The molecule has 2 atom stereocenters. The Morgan fingerprint density at radius 2 is 1.76 bits per heavy atom. The summed E-state index contributed by atoms with van der Waals surface area (Å²) in [7, 11) is 0. The van der Waals surface area contributed by atoms with Crippen LogP contribution in [-0.2, 0) is 11.0 Å². The van der Waals surface area contributed by atoms with E-state index in [1.807, 2.05) is 4.90 Å². The highest BCUT2D eigenvalue weighted by Gasteiger charge is 2.39. The molecule has 2 saturated heterocycles. The van der Waals surface area contributed by atoms with Crippen molar-refractivity contribution in [1.29, 1.82) is 0 Å². The molecule has 2 fully saturated rings. The van der Waals surface area contributed by atoms with Crippen LogP contribution >= 0.6 is 11.6 Å². The van der Waals surface area contributed by atoms with Crippen molar-refractivity contribution in [3.63, 3.8) is 0 Å². The lowest BCUT2D eigenvalue weighted by atomic mass is 9.83. The molecule has 176 valence electrons. The van der Waals surface area contributed by atoms with Crippen LogP contribution < -0.4 is 4.74 Å². The quantitative estimate of drug-likeness (QED) is 0.626. The fourth-order valence-corrected chi connectivity index (χ4v) is 4.86. The first kappa shape index (κ1) is 23.4. The number of hydrogen-bond acceptors (Lipinski definition) is 3. The smallest absolute Gasteiger partial charge is 0.416 e. The van der Waals surface area contributed by atoms with Crippen LogP contribution in [0.3, 0.4) is 0 Å². The van der Waals surface area contributed by atoms with Crippen molar-refractivity contribution in [3.8, 4) is 5.75 Å². The van der Waals surface area contributed by atoms with E-state index in [4.69, 9.17) is 16.3 Å². The lowest BCUT2D eigenvalue weighted by molar-refractivity contribution is -0.140. The van der Waals surface area contributed by atoms with Gasteiger partial charge in [-0.2, -0.15) is 13.2 Å². The Labute approximate surface area is 195 Å². The van der Waals surface area contributed by atoms with Gasteiger partial charge in [0, 0.05) is 31.2 Å². The minimum Gasteiger partial charge on any atom is -0.482 e. The number of likely N-dealkylation sites (tertiary alicyclic amines) is 2. The highest BCUT2D eigenvalue weighted by atomic mass is 35.5. The molecule has 0 aromatic heterocycles. The summed E-state index contributed by atoms with van der Waals surface area (Å²) in [6.45, 7) is 1.44. The second-order valence-electron chi connectivity index (χ2n) is 8.39. The Hall–Kier alpha value is -2.74. The SMILES string of the molecule is O=C(c1ccc(C(F)(F)F)cc1)N1CC[C@H]2[C@H](CCCN2C(=O)COc2ccccc2Cl)C1. The van der Waals surface area contributed by atoms with E-state index in [0.717, 1.165) is 25.0 Å². The third kappa shape index (κ3) is 5.27. The lowest BCUT2D eigenvalue weighted by Crippen LogP contribution is -2.57. The van der Waals surface area contributed by atoms with Crippen molar-refractivity contribution in [2.24, 2.45) is 5.92 Å². The maximum absolute atomic E-state index is 12.9. The third-order valence-electron chi connectivity index (χ3n) is 6.32. The van der Waals surface area contributed by atoms with Crippen molar-refractivity contribution in [2.45, 2.75) is 31.5 Å². The minimum atomic E-state index is -4.44. The molecular weight excluding hydrogens is 457 g/mol. The average Bonchev–Trinajstić information content (AvgIpc) is 2.81. The molecule has 0 aliphatic carbocycles. The van der Waals surface area contributed by atoms with Crippen molar-refractivity contribution in [2.75, 3.05) is 26.2 Å². The summed E-state index contributed by atoms with van der Waals surface area (Å²) in [5, 5.41) is 0.442. The fourth-order valence-electron chi connectivity index (χ4n) is 4.67. The molecule has 2 heterocycles. The van der Waals surface area contributed by atoms with E-state index in [-0.39, 0.29) is 35.9 Å². The van der Waals surface area contributed by atoms with E-state index in [2.05, 4.69) is 0 Å². The maximum Gasteiger partial charge on any atom is 0.416 e. The summed E-state index contributed by atoms with van der Waals surface area (Å²) in [4.78, 5) is 29.3. The van der Waals surface area contributed by atoms with Gasteiger partial charge in [0.2, 0.25) is 0 Å². The topological polar surface area (TPSA) is 49.9 Å². The molecular formula is C24H24ClF3N2O3. The molecule has 0 radical (unpaired) electrons. The van der Waals surface area contributed by atoms with E-state index in [0.29, 0.717) is 36.8 Å². The van der Waals surface area contributed by atoms with Crippen molar-refractivity contribution in [3.05, 3.63) is 64.7 Å². The van der Waals surface area contributed by atoms with Crippen molar-refractivity contribution in [1.82, 2.24) is 9.80 Å². The van der Waals surface area contributed by atoms with Gasteiger partial charge in [0.1, 0.15) is 5.75 Å². The van der Waals surface area contributed by atoms with E-state index < -0.39 is 11.7 Å². The summed E-state index contributed by atoms with van der Waals surface area (Å²) in [6.07, 6.45) is -2.11. The number of nitrogens with zero attached hydrogens (tertiary/aromatic N) is 2. The summed E-state index contributed by atoms with van der Waals surface area (Å²) in [5.74, 6) is 0.174. The van der Waals surface area contributed by atoms with Gasteiger partial charge in [-0.25, -0.2) is 0 Å². The highest BCUT2D eigenvalue weighted by molar-refractivity contribution is 6.32. The van der Waals surface area contributed by atoms with E-state index in [1.54, 1.807) is 29.2 Å². The number of ether oxygens (including phenoxy) is 1. The van der Waals surface area contributed by atoms with Crippen LogP contribution in [0.4, 0.5) is 13.2 Å². The van der Waals surface area contributed by atoms with Gasteiger partial charge in [-0.3, -0.25) is 9.59 Å². The molecule has 2 aromatic carbocycles. The largest absolute Gasteiger partial charge is 0.482 e. The zero-order valence-corrected chi connectivity index (χ0v) is 18.6. The second-order valence-corrected chi connectivity index (χ2v) is 8.80. The summed E-state index contributed by atoms with van der Waals surface area (Å²) in [6, 6.07) is 11.3. The average molecular weight is 481 g/mol. The van der Waals surface area contributed by atoms with Gasteiger partial charge >= 0.3 is 6.18 Å². The normalized spacial score (nSPS) is 20.8. The molecule has 0 spiro atoms. The lowest BCUT2D eigenvalue weighted by Gasteiger charge is -2.47. The monoisotopic (exact) mass is 480 g/mol. The van der Waals surface area contributed by atoms with E-state index >= 15 is 0 Å². The van der Waals surface area contributed by atoms with Gasteiger partial charge in [-0.05, 0) is 61.6 Å². The van der Waals surface area contributed by atoms with Crippen molar-refractivity contribution < 1.29 is 27.5 Å². The predicted octanol–water partition coefficient (Wildman–Crippen LogP) is 4.89. The molecule has 0 saturated carbocycles. The Balaban J connectivity index is 1.37. The van der Waals surface area contributed by atoms with Crippen LogP contribution in [0.5, 0.6) is 5.75 Å². The Morgan fingerprint density at radius 3 is 2.45 bits per heavy atom. The molecule has 0 unspecified atom stereocenters. The van der Waals surface area contributed by atoms with Gasteiger partial charge in [-0.15, -0.1) is 0 Å². The number of rotatable bonds is 4. The van der Waals surface area contributed by atoms with Crippen LogP contribution in [-0.4, -0.2) is 53.9 Å². The number of fused-ring (bicyclic) bond motifs is 1. The Kier molecular flexibility index (Phi) is 6.83. The predicted molar refractivity (Wildman–Crippen MR) is 117 cm³/mol. The van der Waals surface area contributed by atoms with Crippen molar-refractivity contribution >= 4 is 23.4 Å². The first-order valence-corrected chi connectivity index (χ1v) is 11.2. The molecule has 0 N–H and O–H groups in total. The number of carbonyl (C=O) groups is 2. The molecule has 4 rings (SSSR count). The standard InChI is InChI=1S/C24H24ClF3N2O3/c25-19-5-1-2-6-21(19)33-15-22(31)30-12-3-4-17-14-29(13-11-20(17)30)23(32)16-7-9-18(10-8-16)24(26,27)28/h1-2,5-10,17,20H,3-4,11-15H2/t17-,20+/m1/s1. The second kappa shape index (κ2) is 9.63. The number of halogens is 4. The molecule has 0 bridgehead atoms. The number of amides is 2. The Bertz CT molecular complexity index is 1010. The first-order valence-electron chi connectivity index (χ1n) is 10.9. The van der Waals surface area contributed by atoms with Gasteiger partial charge in [0.25, 0.3) is 11.8 Å². The number of piperidine rings is 2. The van der Waals surface area contributed by atoms with Crippen LogP contribution in [0.2, 0.25) is 5.02 Å². The summed E-state index contributed by atoms with van der Waals surface area (Å²) < 4.78 is 44.0. The number of benzene rings is 2. The molecule has 2 amide bonds. The summed E-state index contributed by atoms with van der Waals surface area (Å²) in [5.41, 5.74) is -0.545. The molecule has 2 aliphatic heterocycles. The maximum atomic E-state index is 12.9. The van der Waals surface area contributed by atoms with E-state index in [1.165, 1.54) is 12.1 Å². The first-order chi connectivity index (χ1) is 15.7. The van der Waals surface area contributed by atoms with Crippen LogP contribution in [0.1, 0.15) is 35.2 Å².